The van der Waals surface area contributed by atoms with Crippen molar-refractivity contribution in [3.63, 3.8) is 0 Å². The topological polar surface area (TPSA) is 69.9 Å². The maximum atomic E-state index is 12.2. The molecule has 3 heterocycles. The maximum absolute atomic E-state index is 12.2. The number of rotatable bonds is 3. The van der Waals surface area contributed by atoms with E-state index in [0.29, 0.717) is 29.4 Å². The summed E-state index contributed by atoms with van der Waals surface area (Å²) in [6.07, 6.45) is 0. The van der Waals surface area contributed by atoms with Gasteiger partial charge in [0.1, 0.15) is 6.61 Å². The van der Waals surface area contributed by atoms with Crippen LogP contribution < -0.4 is 5.56 Å². The fourth-order valence-corrected chi connectivity index (χ4v) is 3.59. The molecule has 0 saturated heterocycles. The van der Waals surface area contributed by atoms with Crippen LogP contribution in [0.3, 0.4) is 0 Å². The summed E-state index contributed by atoms with van der Waals surface area (Å²) in [5, 5.41) is 1.87. The fourth-order valence-electron chi connectivity index (χ4n) is 2.70. The van der Waals surface area contributed by atoms with Gasteiger partial charge in [-0.3, -0.25) is 9.20 Å². The van der Waals surface area contributed by atoms with E-state index in [1.54, 1.807) is 12.1 Å². The summed E-state index contributed by atoms with van der Waals surface area (Å²) in [5.41, 5.74) is 3.70. The lowest BCUT2D eigenvalue weighted by Gasteiger charge is -2.06. The van der Waals surface area contributed by atoms with Gasteiger partial charge >= 0.3 is 5.97 Å². The van der Waals surface area contributed by atoms with E-state index in [-0.39, 0.29) is 12.2 Å². The number of thiazole rings is 1. The lowest BCUT2D eigenvalue weighted by Crippen LogP contribution is -2.16. The first-order valence-corrected chi connectivity index (χ1v) is 8.33. The number of hydrogen-bond donors (Lipinski definition) is 0. The molecule has 4 rings (SSSR count). The molecule has 1 aromatic carbocycles. The quantitative estimate of drug-likeness (QED) is 0.684. The van der Waals surface area contributed by atoms with E-state index in [4.69, 9.17) is 9.47 Å². The molecule has 0 saturated carbocycles. The molecule has 1 aliphatic heterocycles. The van der Waals surface area contributed by atoms with Gasteiger partial charge in [0.05, 0.1) is 24.5 Å². The molecule has 0 fully saturated rings. The average Bonchev–Trinajstić information content (AvgIpc) is 3.18. The van der Waals surface area contributed by atoms with Gasteiger partial charge in [-0.1, -0.05) is 6.07 Å². The maximum Gasteiger partial charge on any atom is 0.338 e. The molecule has 0 atom stereocenters. The van der Waals surface area contributed by atoms with Crippen LogP contribution in [0.5, 0.6) is 0 Å². The van der Waals surface area contributed by atoms with E-state index in [0.717, 1.165) is 16.8 Å². The van der Waals surface area contributed by atoms with E-state index < -0.39 is 5.97 Å². The number of carbonyl (C=O) groups is 1. The Hall–Kier alpha value is -2.51. The number of hydrogen-bond acceptors (Lipinski definition) is 6. The third kappa shape index (κ3) is 2.61. The van der Waals surface area contributed by atoms with Crippen LogP contribution in [0.4, 0.5) is 0 Å². The van der Waals surface area contributed by atoms with Crippen molar-refractivity contribution in [3.05, 3.63) is 68.1 Å². The monoisotopic (exact) mass is 342 g/mol. The zero-order chi connectivity index (χ0) is 16.7. The summed E-state index contributed by atoms with van der Waals surface area (Å²) in [7, 11) is 0. The molecule has 0 unspecified atom stereocenters. The molecule has 3 aromatic rings. The van der Waals surface area contributed by atoms with Crippen molar-refractivity contribution in [1.82, 2.24) is 9.38 Å². The van der Waals surface area contributed by atoms with Gasteiger partial charge in [-0.2, -0.15) is 0 Å². The highest BCUT2D eigenvalue weighted by molar-refractivity contribution is 7.15. The van der Waals surface area contributed by atoms with Crippen molar-refractivity contribution in [1.29, 1.82) is 0 Å². The molecule has 0 aliphatic carbocycles. The summed E-state index contributed by atoms with van der Waals surface area (Å²) >= 11 is 1.38. The van der Waals surface area contributed by atoms with E-state index >= 15 is 0 Å². The van der Waals surface area contributed by atoms with Crippen molar-refractivity contribution >= 4 is 22.3 Å². The molecule has 2 aromatic heterocycles. The number of aryl methyl sites for hydroxylation is 1. The van der Waals surface area contributed by atoms with Crippen molar-refractivity contribution in [2.45, 2.75) is 26.7 Å². The number of ether oxygens (including phenoxy) is 2. The van der Waals surface area contributed by atoms with Crippen LogP contribution in [0.1, 0.15) is 32.9 Å². The number of carbonyl (C=O) groups excluding carboxylic acids is 1. The molecule has 0 amide bonds. The minimum Gasteiger partial charge on any atom is -0.456 e. The molecule has 6 nitrogen and oxygen atoms in total. The highest BCUT2D eigenvalue weighted by atomic mass is 32.1. The molecule has 122 valence electrons. The van der Waals surface area contributed by atoms with Crippen LogP contribution in [0.25, 0.3) is 4.96 Å². The Labute approximate surface area is 141 Å². The van der Waals surface area contributed by atoms with E-state index in [9.17, 15) is 9.59 Å². The Morgan fingerprint density at radius 3 is 3.04 bits per heavy atom. The third-order valence-electron chi connectivity index (χ3n) is 3.94. The number of fused-ring (bicyclic) bond motifs is 2. The lowest BCUT2D eigenvalue weighted by atomic mass is 10.1. The molecule has 24 heavy (non-hydrogen) atoms. The predicted octanol–water partition coefficient (Wildman–Crippen LogP) is 2.45. The predicted molar refractivity (Wildman–Crippen MR) is 88.1 cm³/mol. The fraction of sp³-hybridized carbons (Fsp3) is 0.235. The van der Waals surface area contributed by atoms with E-state index in [1.165, 1.54) is 21.8 Å². The number of nitrogens with zero attached hydrogens (tertiary/aromatic N) is 2. The minimum absolute atomic E-state index is 0.0326. The smallest absolute Gasteiger partial charge is 0.338 e. The second-order valence-corrected chi connectivity index (χ2v) is 6.47. The van der Waals surface area contributed by atoms with Crippen LogP contribution in [0.15, 0.2) is 34.4 Å². The van der Waals surface area contributed by atoms with Gasteiger partial charge in [0.2, 0.25) is 0 Å². The second kappa shape index (κ2) is 5.85. The summed E-state index contributed by atoms with van der Waals surface area (Å²) in [4.78, 5) is 29.3. The van der Waals surface area contributed by atoms with Crippen LogP contribution in [0.2, 0.25) is 0 Å². The van der Waals surface area contributed by atoms with Crippen molar-refractivity contribution < 1.29 is 14.3 Å². The molecule has 1 aliphatic rings. The Balaban J connectivity index is 1.52. The lowest BCUT2D eigenvalue weighted by molar-refractivity contribution is 0.0467. The van der Waals surface area contributed by atoms with Gasteiger partial charge in [-0.05, 0) is 30.2 Å². The van der Waals surface area contributed by atoms with Crippen molar-refractivity contribution in [2.75, 3.05) is 0 Å². The molecular weight excluding hydrogens is 328 g/mol. The van der Waals surface area contributed by atoms with Gasteiger partial charge in [-0.15, -0.1) is 11.3 Å². The SMILES string of the molecule is Cc1csc2nc(COC(=O)c3ccc4c(c3)COC4)cc(=O)n12. The van der Waals surface area contributed by atoms with Crippen LogP contribution in [-0.2, 0) is 29.3 Å². The first kappa shape index (κ1) is 15.0. The zero-order valence-corrected chi connectivity index (χ0v) is 13.8. The molecule has 7 heteroatoms. The average molecular weight is 342 g/mol. The van der Waals surface area contributed by atoms with Gasteiger partial charge < -0.3 is 9.47 Å². The van der Waals surface area contributed by atoms with E-state index in [2.05, 4.69) is 4.98 Å². The Bertz CT molecular complexity index is 1010. The summed E-state index contributed by atoms with van der Waals surface area (Å²) < 4.78 is 12.2. The normalized spacial score (nSPS) is 13.2. The number of esters is 1. The van der Waals surface area contributed by atoms with Gasteiger partial charge in [-0.25, -0.2) is 9.78 Å². The zero-order valence-electron chi connectivity index (χ0n) is 12.9. The van der Waals surface area contributed by atoms with Gasteiger partial charge in [0.15, 0.2) is 4.96 Å². The Morgan fingerprint density at radius 2 is 2.17 bits per heavy atom. The molecule has 0 N–H and O–H groups in total. The Morgan fingerprint density at radius 1 is 1.33 bits per heavy atom. The Kier molecular flexibility index (Phi) is 3.66. The highest BCUT2D eigenvalue weighted by Gasteiger charge is 2.16. The first-order chi connectivity index (χ1) is 11.6. The molecule has 0 bridgehead atoms. The van der Waals surface area contributed by atoms with Crippen molar-refractivity contribution in [2.24, 2.45) is 0 Å². The van der Waals surface area contributed by atoms with Gasteiger partial charge in [0.25, 0.3) is 5.56 Å². The van der Waals surface area contributed by atoms with Crippen LogP contribution >= 0.6 is 11.3 Å². The number of benzene rings is 1. The van der Waals surface area contributed by atoms with Crippen LogP contribution in [0, 0.1) is 6.92 Å². The summed E-state index contributed by atoms with van der Waals surface area (Å²) in [6.45, 7) is 2.92. The largest absolute Gasteiger partial charge is 0.456 e. The van der Waals surface area contributed by atoms with Crippen LogP contribution in [-0.4, -0.2) is 15.4 Å². The van der Waals surface area contributed by atoms with E-state index in [1.807, 2.05) is 18.4 Å². The summed E-state index contributed by atoms with van der Waals surface area (Å²) in [6, 6.07) is 6.80. The molecular formula is C17H14N2O4S. The second-order valence-electron chi connectivity index (χ2n) is 5.63. The molecule has 0 radical (unpaired) electrons. The third-order valence-corrected chi connectivity index (χ3v) is 4.88. The highest BCUT2D eigenvalue weighted by Crippen LogP contribution is 2.21. The number of aromatic nitrogens is 2. The standard InChI is InChI=1S/C17H14N2O4S/c1-10-9-24-17-18-14(5-15(20)19(10)17)8-23-16(21)11-2-3-12-6-22-7-13(12)4-11/h2-5,9H,6-8H2,1H3. The first-order valence-electron chi connectivity index (χ1n) is 7.45. The minimum atomic E-state index is -0.436. The summed E-state index contributed by atoms with van der Waals surface area (Å²) in [5.74, 6) is -0.436. The van der Waals surface area contributed by atoms with Gasteiger partial charge in [0, 0.05) is 17.1 Å². The van der Waals surface area contributed by atoms with Crippen molar-refractivity contribution in [3.8, 4) is 0 Å². The molecule has 0 spiro atoms.